The molecule has 42 valence electrons. The normalized spacial score (nSPS) is 12.3. The molecule has 0 aromatic rings. The van der Waals surface area contributed by atoms with Gasteiger partial charge in [0.15, 0.2) is 0 Å². The lowest BCUT2D eigenvalue weighted by molar-refractivity contribution is 0.274. The molecule has 0 saturated heterocycles. The summed E-state index contributed by atoms with van der Waals surface area (Å²) in [6.45, 7) is 3.72. The van der Waals surface area contributed by atoms with Crippen molar-refractivity contribution in [2.75, 3.05) is 0 Å². The van der Waals surface area contributed by atoms with E-state index in [0.717, 1.165) is 0 Å². The number of rotatable bonds is 2. The van der Waals surface area contributed by atoms with Gasteiger partial charge in [0.2, 0.25) is 0 Å². The summed E-state index contributed by atoms with van der Waals surface area (Å²) in [6, 6.07) is 0. The number of nitrogens with two attached hydrogens (primary N) is 1. The summed E-state index contributed by atoms with van der Waals surface area (Å²) in [4.78, 5) is 0. The molecule has 1 unspecified atom stereocenters. The Morgan fingerprint density at radius 3 is 2.14 bits per heavy atom. The summed E-state index contributed by atoms with van der Waals surface area (Å²) < 4.78 is 4.76. The molecule has 0 bridgehead atoms. The van der Waals surface area contributed by atoms with E-state index in [1.165, 1.54) is 0 Å². The number of nitrogens with one attached hydrogen (secondary N) is 1. The van der Waals surface area contributed by atoms with Gasteiger partial charge in [-0.2, -0.15) is 0 Å². The van der Waals surface area contributed by atoms with Crippen molar-refractivity contribution in [2.45, 2.75) is 20.0 Å². The summed E-state index contributed by atoms with van der Waals surface area (Å²) in [5.74, 6) is 0. The Labute approximate surface area is 44.3 Å². The van der Waals surface area contributed by atoms with Crippen LogP contribution in [-0.4, -0.2) is 6.10 Å². The van der Waals surface area contributed by atoms with Crippen molar-refractivity contribution in [2.24, 2.45) is 5.50 Å². The van der Waals surface area contributed by atoms with Crippen LogP contribution in [0.1, 0.15) is 13.8 Å². The predicted molar refractivity (Wildman–Crippen MR) is 30.0 cm³/mol. The van der Waals surface area contributed by atoms with Gasteiger partial charge in [0.25, 0.3) is 0 Å². The molecule has 3 nitrogen and oxygen atoms in total. The third-order valence-electron chi connectivity index (χ3n) is 0.324. The topological polar surface area (TPSA) is 59.1 Å². The average molecular weight is 121 g/mol. The zero-order valence-electron chi connectivity index (χ0n) is 4.51. The first kappa shape index (κ1) is 7.02. The van der Waals surface area contributed by atoms with Gasteiger partial charge in [-0.05, 0) is 13.8 Å². The highest BCUT2D eigenvalue weighted by Crippen LogP contribution is 2.13. The summed E-state index contributed by atoms with van der Waals surface area (Å²) in [5.41, 5.74) is 5.00. The van der Waals surface area contributed by atoms with Gasteiger partial charge in [-0.3, -0.25) is 0 Å². The lowest BCUT2D eigenvalue weighted by Crippen LogP contribution is -1.96. The summed E-state index contributed by atoms with van der Waals surface area (Å²) in [6.07, 6.45) is 0.0913. The van der Waals surface area contributed by atoms with Gasteiger partial charge in [0.1, 0.15) is 6.10 Å². The Kier molecular flexibility index (Phi) is 3.09. The standard InChI is InChI=1S/C3H10N2OP/c1-3(2)6-7(4)5/h3H,1-2H3,(H3,4,5)/q+1. The highest BCUT2D eigenvalue weighted by Gasteiger charge is 2.04. The van der Waals surface area contributed by atoms with Crippen LogP contribution < -0.4 is 5.50 Å². The van der Waals surface area contributed by atoms with Gasteiger partial charge < -0.3 is 0 Å². The molecule has 0 aliphatic carbocycles. The quantitative estimate of drug-likeness (QED) is 0.543. The summed E-state index contributed by atoms with van der Waals surface area (Å²) >= 11 is 0. The maximum Gasteiger partial charge on any atom is 0.469 e. The van der Waals surface area contributed by atoms with Crippen LogP contribution in [0, 0.1) is 5.16 Å². The van der Waals surface area contributed by atoms with Crippen molar-refractivity contribution >= 4 is 8.09 Å². The van der Waals surface area contributed by atoms with E-state index in [-0.39, 0.29) is 6.10 Å². The van der Waals surface area contributed by atoms with Crippen molar-refractivity contribution in [3.05, 3.63) is 0 Å². The molecule has 1 atom stereocenters. The smallest absolute Gasteiger partial charge is 0.143 e. The first-order valence-corrected chi connectivity index (χ1v) is 3.38. The molecule has 0 rings (SSSR count). The van der Waals surface area contributed by atoms with E-state index in [4.69, 9.17) is 15.2 Å². The Hall–Kier alpha value is 0.0200. The molecule has 0 saturated carbocycles. The van der Waals surface area contributed by atoms with Gasteiger partial charge in [0.05, 0.1) is 0 Å². The molecule has 0 aliphatic rings. The number of hydrogen-bond donors (Lipinski definition) is 2. The first-order valence-electron chi connectivity index (χ1n) is 2.05. The molecule has 7 heavy (non-hydrogen) atoms. The molecule has 0 heterocycles. The van der Waals surface area contributed by atoms with E-state index in [1.54, 1.807) is 0 Å². The van der Waals surface area contributed by atoms with E-state index in [1.807, 2.05) is 13.8 Å². The summed E-state index contributed by atoms with van der Waals surface area (Å²) in [5, 5.41) is 6.73. The maximum absolute atomic E-state index is 6.73. The van der Waals surface area contributed by atoms with Crippen LogP contribution in [0.2, 0.25) is 0 Å². The largest absolute Gasteiger partial charge is 0.469 e. The maximum atomic E-state index is 6.73. The predicted octanol–water partition coefficient (Wildman–Crippen LogP) is 1.44. The zero-order valence-corrected chi connectivity index (χ0v) is 5.40. The SMILES string of the molecule is CC(C)O[P+](=N)N. The lowest BCUT2D eigenvalue weighted by Gasteiger charge is -1.89. The van der Waals surface area contributed by atoms with Crippen LogP contribution in [0.3, 0.4) is 0 Å². The van der Waals surface area contributed by atoms with E-state index in [0.29, 0.717) is 0 Å². The van der Waals surface area contributed by atoms with Gasteiger partial charge >= 0.3 is 8.09 Å². The van der Waals surface area contributed by atoms with Crippen LogP contribution in [0.4, 0.5) is 0 Å². The fraction of sp³-hybridized carbons (Fsp3) is 1.00. The van der Waals surface area contributed by atoms with Crippen LogP contribution in [0.15, 0.2) is 0 Å². The van der Waals surface area contributed by atoms with E-state index < -0.39 is 8.09 Å². The Bertz CT molecular complexity index is 73.3. The molecule has 0 aromatic heterocycles. The molecule has 4 heteroatoms. The second-order valence-corrected chi connectivity index (χ2v) is 2.34. The minimum atomic E-state index is -1.39. The van der Waals surface area contributed by atoms with Crippen LogP contribution in [0.25, 0.3) is 0 Å². The average Bonchev–Trinajstić information content (AvgIpc) is 1.27. The van der Waals surface area contributed by atoms with Gasteiger partial charge in [-0.15, -0.1) is 10.0 Å². The zero-order chi connectivity index (χ0) is 5.86. The minimum Gasteiger partial charge on any atom is -0.143 e. The second-order valence-electron chi connectivity index (χ2n) is 1.48. The Morgan fingerprint density at radius 2 is 2.14 bits per heavy atom. The third-order valence-corrected chi connectivity index (χ3v) is 0.973. The van der Waals surface area contributed by atoms with Crippen LogP contribution >= 0.6 is 8.09 Å². The highest BCUT2D eigenvalue weighted by molar-refractivity contribution is 7.37. The van der Waals surface area contributed by atoms with E-state index in [9.17, 15) is 0 Å². The molecule has 0 spiro atoms. The van der Waals surface area contributed by atoms with Crippen molar-refractivity contribution in [1.29, 1.82) is 5.16 Å². The minimum absolute atomic E-state index is 0.0913. The van der Waals surface area contributed by atoms with Gasteiger partial charge in [-0.25, -0.2) is 0 Å². The van der Waals surface area contributed by atoms with Gasteiger partial charge in [-0.1, -0.05) is 5.16 Å². The molecule has 0 amide bonds. The molecule has 0 radical (unpaired) electrons. The molecule has 0 aliphatic heterocycles. The van der Waals surface area contributed by atoms with Gasteiger partial charge in [0, 0.05) is 0 Å². The fourth-order valence-corrected chi connectivity index (χ4v) is 0.681. The van der Waals surface area contributed by atoms with Crippen molar-refractivity contribution < 1.29 is 4.52 Å². The van der Waals surface area contributed by atoms with Crippen molar-refractivity contribution in [1.82, 2.24) is 0 Å². The monoisotopic (exact) mass is 121 g/mol. The molecular formula is C3H10N2OP+. The first-order chi connectivity index (χ1) is 3.13. The Balaban J connectivity index is 3.13. The lowest BCUT2D eigenvalue weighted by atomic mass is 10.5. The molecule has 0 fully saturated rings. The van der Waals surface area contributed by atoms with E-state index in [2.05, 4.69) is 0 Å². The third kappa shape index (κ3) is 6.02. The molecule has 3 N–H and O–H groups in total. The summed E-state index contributed by atoms with van der Waals surface area (Å²) in [7, 11) is -1.39. The van der Waals surface area contributed by atoms with Crippen molar-refractivity contribution in [3.63, 3.8) is 0 Å². The molecule has 0 aromatic carbocycles. The fourth-order valence-electron chi connectivity index (χ4n) is 0.227. The van der Waals surface area contributed by atoms with Crippen molar-refractivity contribution in [3.8, 4) is 0 Å². The number of hydrogen-bond acceptors (Lipinski definition) is 2. The van der Waals surface area contributed by atoms with Crippen LogP contribution in [-0.2, 0) is 4.52 Å². The highest BCUT2D eigenvalue weighted by atomic mass is 31.1. The van der Waals surface area contributed by atoms with E-state index >= 15 is 0 Å². The molecular weight excluding hydrogens is 111 g/mol. The van der Waals surface area contributed by atoms with Crippen LogP contribution in [0.5, 0.6) is 0 Å². The Morgan fingerprint density at radius 1 is 1.71 bits per heavy atom. The second kappa shape index (κ2) is 3.08.